The van der Waals surface area contributed by atoms with Gasteiger partial charge in [-0.1, -0.05) is 32.4 Å². The van der Waals surface area contributed by atoms with Crippen molar-refractivity contribution in [1.29, 1.82) is 0 Å². The average Bonchev–Trinajstić information content (AvgIpc) is 2.64. The van der Waals surface area contributed by atoms with Crippen LogP contribution in [0.15, 0.2) is 24.3 Å². The van der Waals surface area contributed by atoms with Crippen molar-refractivity contribution in [3.63, 3.8) is 0 Å². The summed E-state index contributed by atoms with van der Waals surface area (Å²) in [7, 11) is 0. The largest absolute Gasteiger partial charge is 0.484 e. The maximum atomic E-state index is 12.0. The first-order valence-electron chi connectivity index (χ1n) is 8.49. The van der Waals surface area contributed by atoms with Crippen molar-refractivity contribution in [2.75, 3.05) is 18.1 Å². The summed E-state index contributed by atoms with van der Waals surface area (Å²) in [6.45, 7) is 3.51. The van der Waals surface area contributed by atoms with Crippen LogP contribution in [0.4, 0.5) is 0 Å². The lowest BCUT2D eigenvalue weighted by atomic mass is 9.99. The summed E-state index contributed by atoms with van der Waals surface area (Å²) in [6.07, 6.45) is 1.94. The van der Waals surface area contributed by atoms with Crippen molar-refractivity contribution < 1.29 is 19.4 Å². The fourth-order valence-electron chi connectivity index (χ4n) is 2.45. The highest BCUT2D eigenvalue weighted by Crippen LogP contribution is 2.43. The highest BCUT2D eigenvalue weighted by Gasteiger charge is 2.25. The van der Waals surface area contributed by atoms with Crippen LogP contribution < -0.4 is 10.1 Å². The van der Waals surface area contributed by atoms with Crippen molar-refractivity contribution in [1.82, 2.24) is 5.32 Å². The molecule has 1 aromatic carbocycles. The van der Waals surface area contributed by atoms with E-state index in [1.165, 1.54) is 23.5 Å². The van der Waals surface area contributed by atoms with Gasteiger partial charge in [-0.3, -0.25) is 4.79 Å². The van der Waals surface area contributed by atoms with Gasteiger partial charge < -0.3 is 15.2 Å². The highest BCUT2D eigenvalue weighted by atomic mass is 32.2. The Morgan fingerprint density at radius 3 is 2.48 bits per heavy atom. The lowest BCUT2D eigenvalue weighted by molar-refractivity contribution is -0.143. The summed E-state index contributed by atoms with van der Waals surface area (Å²) < 4.78 is 5.96. The normalized spacial score (nSPS) is 17.5. The molecule has 1 amide bonds. The molecule has 1 aromatic rings. The first-order valence-corrected chi connectivity index (χ1v) is 10.6. The molecule has 7 heteroatoms. The number of rotatable bonds is 8. The number of nitrogens with one attached hydrogen (secondary N) is 1. The quantitative estimate of drug-likeness (QED) is 0.715. The van der Waals surface area contributed by atoms with E-state index in [1.807, 2.05) is 54.7 Å². The molecule has 0 aromatic heterocycles. The molecule has 0 saturated carbocycles. The molecule has 0 radical (unpaired) electrons. The lowest BCUT2D eigenvalue weighted by Gasteiger charge is -2.21. The minimum absolute atomic E-state index is 0.133. The van der Waals surface area contributed by atoms with E-state index in [-0.39, 0.29) is 12.5 Å². The second-order valence-electron chi connectivity index (χ2n) is 6.05. The Morgan fingerprint density at radius 2 is 1.92 bits per heavy atom. The summed E-state index contributed by atoms with van der Waals surface area (Å²) in [6, 6.07) is 6.90. The summed E-state index contributed by atoms with van der Waals surface area (Å²) in [4.78, 5) is 23.2. The number of carbonyl (C=O) groups excluding carboxylic acids is 1. The van der Waals surface area contributed by atoms with Crippen LogP contribution in [0.2, 0.25) is 0 Å². The van der Waals surface area contributed by atoms with Gasteiger partial charge in [0, 0.05) is 0 Å². The van der Waals surface area contributed by atoms with Crippen molar-refractivity contribution in [2.45, 2.75) is 37.3 Å². The standard InChI is InChI=1S/C18H25NO4S2/c1-3-12(2)16(17(21)22)19-15(20)11-23-14-7-5-13(6-8-14)18-24-9-4-10-25-18/h5-8,12,16,18H,3-4,9-11H2,1-2H3,(H,19,20)(H,21,22)/t12-,16-/m0/s1. The molecule has 2 atom stereocenters. The molecule has 0 bridgehead atoms. The SMILES string of the molecule is CC[C@H](C)[C@H](NC(=O)COc1ccc(C2SCCCS2)cc1)C(=O)O. The molecule has 1 fully saturated rings. The fourth-order valence-corrected chi connectivity index (χ4v) is 5.34. The molecule has 1 aliphatic rings. The van der Waals surface area contributed by atoms with E-state index in [0.29, 0.717) is 16.8 Å². The second-order valence-corrected chi connectivity index (χ2v) is 8.78. The summed E-state index contributed by atoms with van der Waals surface area (Å²) >= 11 is 3.91. The van der Waals surface area contributed by atoms with Gasteiger partial charge in [0.15, 0.2) is 6.61 Å². The van der Waals surface area contributed by atoms with E-state index in [4.69, 9.17) is 4.74 Å². The maximum Gasteiger partial charge on any atom is 0.326 e. The van der Waals surface area contributed by atoms with Crippen LogP contribution in [-0.4, -0.2) is 41.1 Å². The van der Waals surface area contributed by atoms with Gasteiger partial charge in [0.25, 0.3) is 5.91 Å². The number of carboxylic acids is 1. The molecule has 0 unspecified atom stereocenters. The molecule has 138 valence electrons. The zero-order valence-electron chi connectivity index (χ0n) is 14.6. The first-order chi connectivity index (χ1) is 12.0. The Bertz CT molecular complexity index is 573. The molecule has 25 heavy (non-hydrogen) atoms. The minimum Gasteiger partial charge on any atom is -0.484 e. The Hall–Kier alpha value is -1.34. The number of carboxylic acid groups (broad SMARTS) is 1. The molecular formula is C18H25NO4S2. The van der Waals surface area contributed by atoms with Gasteiger partial charge >= 0.3 is 5.97 Å². The van der Waals surface area contributed by atoms with Gasteiger partial charge in [0.1, 0.15) is 11.8 Å². The monoisotopic (exact) mass is 383 g/mol. The Labute approximate surface area is 157 Å². The molecule has 1 saturated heterocycles. The summed E-state index contributed by atoms with van der Waals surface area (Å²) in [5.41, 5.74) is 1.26. The van der Waals surface area contributed by atoms with E-state index < -0.39 is 17.9 Å². The third kappa shape index (κ3) is 6.15. The highest BCUT2D eigenvalue weighted by molar-refractivity contribution is 8.16. The molecule has 1 heterocycles. The molecule has 5 nitrogen and oxygen atoms in total. The number of amides is 1. The molecule has 2 rings (SSSR count). The molecule has 1 aliphatic heterocycles. The van der Waals surface area contributed by atoms with Crippen molar-refractivity contribution >= 4 is 35.4 Å². The lowest BCUT2D eigenvalue weighted by Crippen LogP contribution is -2.46. The van der Waals surface area contributed by atoms with Crippen molar-refractivity contribution in [2.24, 2.45) is 5.92 Å². The second kappa shape index (κ2) is 9.97. The third-order valence-electron chi connectivity index (χ3n) is 4.14. The van der Waals surface area contributed by atoms with Gasteiger partial charge in [-0.25, -0.2) is 4.79 Å². The van der Waals surface area contributed by atoms with Crippen LogP contribution in [0.5, 0.6) is 5.75 Å². The summed E-state index contributed by atoms with van der Waals surface area (Å²) in [5.74, 6) is 1.42. The Kier molecular flexibility index (Phi) is 7.96. The van der Waals surface area contributed by atoms with Crippen molar-refractivity contribution in [3.05, 3.63) is 29.8 Å². The van der Waals surface area contributed by atoms with Gasteiger partial charge in [0.2, 0.25) is 0 Å². The first kappa shape index (κ1) is 20.0. The summed E-state index contributed by atoms with van der Waals surface area (Å²) in [5, 5.41) is 11.7. The fraction of sp³-hybridized carbons (Fsp3) is 0.556. The maximum absolute atomic E-state index is 12.0. The topological polar surface area (TPSA) is 75.6 Å². The van der Waals surface area contributed by atoms with Crippen LogP contribution in [0.3, 0.4) is 0 Å². The number of hydrogen-bond acceptors (Lipinski definition) is 5. The number of thioether (sulfide) groups is 2. The third-order valence-corrected chi connectivity index (χ3v) is 7.16. The van der Waals surface area contributed by atoms with E-state index in [0.717, 1.165) is 0 Å². The molecule has 0 aliphatic carbocycles. The molecule has 2 N–H and O–H groups in total. The van der Waals surface area contributed by atoms with Crippen LogP contribution in [-0.2, 0) is 9.59 Å². The number of benzene rings is 1. The number of hydrogen-bond donors (Lipinski definition) is 2. The van der Waals surface area contributed by atoms with Gasteiger partial charge in [0.05, 0.1) is 4.58 Å². The van der Waals surface area contributed by atoms with Crippen LogP contribution in [0, 0.1) is 5.92 Å². The zero-order valence-corrected chi connectivity index (χ0v) is 16.2. The number of ether oxygens (including phenoxy) is 1. The smallest absolute Gasteiger partial charge is 0.326 e. The Morgan fingerprint density at radius 1 is 1.28 bits per heavy atom. The van der Waals surface area contributed by atoms with Gasteiger partial charge in [-0.2, -0.15) is 0 Å². The van der Waals surface area contributed by atoms with Crippen LogP contribution in [0.1, 0.15) is 36.8 Å². The van der Waals surface area contributed by atoms with Gasteiger partial charge in [-0.15, -0.1) is 23.5 Å². The molecular weight excluding hydrogens is 358 g/mol. The minimum atomic E-state index is -1.02. The predicted molar refractivity (Wildman–Crippen MR) is 103 cm³/mol. The number of carbonyl (C=O) groups is 2. The predicted octanol–water partition coefficient (Wildman–Crippen LogP) is 3.55. The van der Waals surface area contributed by atoms with E-state index in [9.17, 15) is 14.7 Å². The number of aliphatic carboxylic acids is 1. The van der Waals surface area contributed by atoms with E-state index >= 15 is 0 Å². The Balaban J connectivity index is 1.83. The van der Waals surface area contributed by atoms with Crippen LogP contribution >= 0.6 is 23.5 Å². The van der Waals surface area contributed by atoms with Crippen molar-refractivity contribution in [3.8, 4) is 5.75 Å². The van der Waals surface area contributed by atoms with Gasteiger partial charge in [-0.05, 0) is 41.5 Å². The zero-order chi connectivity index (χ0) is 18.2. The van der Waals surface area contributed by atoms with Crippen LogP contribution in [0.25, 0.3) is 0 Å². The molecule has 0 spiro atoms. The van der Waals surface area contributed by atoms with E-state index in [1.54, 1.807) is 6.92 Å². The van der Waals surface area contributed by atoms with E-state index in [2.05, 4.69) is 5.32 Å². The average molecular weight is 384 g/mol.